The van der Waals surface area contributed by atoms with Crippen molar-refractivity contribution in [3.05, 3.63) is 35.4 Å². The van der Waals surface area contributed by atoms with Gasteiger partial charge in [0.15, 0.2) is 0 Å². The van der Waals surface area contributed by atoms with Crippen LogP contribution in [0.1, 0.15) is 11.6 Å². The van der Waals surface area contributed by atoms with Crippen LogP contribution in [0.3, 0.4) is 0 Å². The zero-order chi connectivity index (χ0) is 15.6. The van der Waals surface area contributed by atoms with Crippen molar-refractivity contribution in [2.75, 3.05) is 13.2 Å². The first-order valence-electron chi connectivity index (χ1n) is 5.27. The van der Waals surface area contributed by atoms with Crippen LogP contribution < -0.4 is 5.73 Å². The zero-order valence-corrected chi connectivity index (χ0v) is 9.85. The van der Waals surface area contributed by atoms with Crippen LogP contribution in [-0.2, 0) is 4.74 Å². The lowest BCUT2D eigenvalue weighted by Gasteiger charge is -2.20. The fraction of sp³-hybridized carbons (Fsp3) is 0.455. The van der Waals surface area contributed by atoms with Gasteiger partial charge >= 0.3 is 12.1 Å². The predicted octanol–water partition coefficient (Wildman–Crippen LogP) is 3.18. The SMILES string of the molecule is NC(COCC(F)(F)C(F)(F)F)c1cc(F)ccc1F. The van der Waals surface area contributed by atoms with Crippen LogP contribution >= 0.6 is 0 Å². The minimum Gasteiger partial charge on any atom is -0.373 e. The van der Waals surface area contributed by atoms with Gasteiger partial charge in [0.05, 0.1) is 12.6 Å². The Bertz CT molecular complexity index is 461. The second kappa shape index (κ2) is 5.96. The van der Waals surface area contributed by atoms with Crippen molar-refractivity contribution in [3.8, 4) is 0 Å². The van der Waals surface area contributed by atoms with Gasteiger partial charge in [-0.2, -0.15) is 22.0 Å². The Labute approximate surface area is 109 Å². The molecule has 2 nitrogen and oxygen atoms in total. The van der Waals surface area contributed by atoms with Crippen LogP contribution in [-0.4, -0.2) is 25.3 Å². The van der Waals surface area contributed by atoms with E-state index in [1.807, 2.05) is 0 Å². The molecule has 0 aromatic heterocycles. The molecule has 0 saturated carbocycles. The maximum Gasteiger partial charge on any atom is 0.455 e. The molecule has 114 valence electrons. The fourth-order valence-electron chi connectivity index (χ4n) is 1.28. The van der Waals surface area contributed by atoms with Crippen molar-refractivity contribution in [2.45, 2.75) is 18.1 Å². The summed E-state index contributed by atoms with van der Waals surface area (Å²) in [5.41, 5.74) is 4.97. The van der Waals surface area contributed by atoms with E-state index in [2.05, 4.69) is 4.74 Å². The molecule has 0 heterocycles. The fourth-order valence-corrected chi connectivity index (χ4v) is 1.28. The van der Waals surface area contributed by atoms with E-state index >= 15 is 0 Å². The van der Waals surface area contributed by atoms with Crippen molar-refractivity contribution < 1.29 is 35.5 Å². The summed E-state index contributed by atoms with van der Waals surface area (Å²) in [7, 11) is 0. The lowest BCUT2D eigenvalue weighted by molar-refractivity contribution is -0.297. The maximum atomic E-state index is 13.2. The van der Waals surface area contributed by atoms with Crippen molar-refractivity contribution in [2.24, 2.45) is 5.73 Å². The van der Waals surface area contributed by atoms with Gasteiger partial charge in [-0.1, -0.05) is 0 Å². The summed E-state index contributed by atoms with van der Waals surface area (Å²) < 4.78 is 90.7. The van der Waals surface area contributed by atoms with Gasteiger partial charge in [0.1, 0.15) is 18.2 Å². The van der Waals surface area contributed by atoms with Gasteiger partial charge in [-0.15, -0.1) is 0 Å². The van der Waals surface area contributed by atoms with Crippen molar-refractivity contribution >= 4 is 0 Å². The molecule has 0 aliphatic heterocycles. The molecule has 0 aliphatic carbocycles. The monoisotopic (exact) mass is 305 g/mol. The normalized spacial score (nSPS) is 14.4. The number of ether oxygens (including phenoxy) is 1. The van der Waals surface area contributed by atoms with Crippen molar-refractivity contribution in [1.29, 1.82) is 0 Å². The lowest BCUT2D eigenvalue weighted by Crippen LogP contribution is -2.41. The van der Waals surface area contributed by atoms with E-state index in [-0.39, 0.29) is 5.56 Å². The number of halogens is 7. The van der Waals surface area contributed by atoms with Crippen molar-refractivity contribution in [1.82, 2.24) is 0 Å². The van der Waals surface area contributed by atoms with Crippen LogP contribution in [0.4, 0.5) is 30.7 Å². The van der Waals surface area contributed by atoms with Crippen LogP contribution in [0.25, 0.3) is 0 Å². The average molecular weight is 305 g/mol. The third-order valence-corrected chi connectivity index (χ3v) is 2.35. The molecule has 1 rings (SSSR count). The molecule has 1 aromatic carbocycles. The Morgan fingerprint density at radius 2 is 1.70 bits per heavy atom. The Kier molecular flexibility index (Phi) is 4.98. The first-order chi connectivity index (χ1) is 9.04. The summed E-state index contributed by atoms with van der Waals surface area (Å²) in [6.07, 6.45) is -5.75. The summed E-state index contributed by atoms with van der Waals surface area (Å²) in [4.78, 5) is 0. The molecular weight excluding hydrogens is 295 g/mol. The average Bonchev–Trinajstić information content (AvgIpc) is 2.30. The maximum absolute atomic E-state index is 13.2. The van der Waals surface area contributed by atoms with E-state index in [1.54, 1.807) is 0 Å². The van der Waals surface area contributed by atoms with Crippen LogP contribution in [0.15, 0.2) is 18.2 Å². The number of hydrogen-bond acceptors (Lipinski definition) is 2. The lowest BCUT2D eigenvalue weighted by atomic mass is 10.1. The molecular formula is C11H10F7NO. The van der Waals surface area contributed by atoms with Crippen LogP contribution in [0.2, 0.25) is 0 Å². The molecule has 9 heteroatoms. The first-order valence-corrected chi connectivity index (χ1v) is 5.27. The molecule has 20 heavy (non-hydrogen) atoms. The van der Waals surface area contributed by atoms with Crippen molar-refractivity contribution in [3.63, 3.8) is 0 Å². The minimum absolute atomic E-state index is 0.375. The van der Waals surface area contributed by atoms with E-state index in [4.69, 9.17) is 5.73 Å². The van der Waals surface area contributed by atoms with Gasteiger partial charge in [0, 0.05) is 5.56 Å². The van der Waals surface area contributed by atoms with E-state index in [1.165, 1.54) is 0 Å². The predicted molar refractivity (Wildman–Crippen MR) is 55.1 cm³/mol. The zero-order valence-electron chi connectivity index (χ0n) is 9.85. The smallest absolute Gasteiger partial charge is 0.373 e. The third kappa shape index (κ3) is 4.07. The number of nitrogens with two attached hydrogens (primary N) is 1. The third-order valence-electron chi connectivity index (χ3n) is 2.35. The highest BCUT2D eigenvalue weighted by atomic mass is 19.4. The highest BCUT2D eigenvalue weighted by Crippen LogP contribution is 2.35. The standard InChI is InChI=1S/C11H10F7NO/c12-6-1-2-8(13)7(3-6)9(19)4-20-5-10(14,15)11(16,17)18/h1-3,9H,4-5,19H2. The van der Waals surface area contributed by atoms with Crippen LogP contribution in [0, 0.1) is 11.6 Å². The van der Waals surface area contributed by atoms with Gasteiger partial charge in [0.25, 0.3) is 0 Å². The Hall–Kier alpha value is -1.35. The largest absolute Gasteiger partial charge is 0.455 e. The van der Waals surface area contributed by atoms with E-state index in [9.17, 15) is 30.7 Å². The number of hydrogen-bond donors (Lipinski definition) is 1. The summed E-state index contributed by atoms with van der Waals surface area (Å²) >= 11 is 0. The van der Waals surface area contributed by atoms with Gasteiger partial charge in [-0.3, -0.25) is 0 Å². The van der Waals surface area contributed by atoms with Gasteiger partial charge in [-0.25, -0.2) is 8.78 Å². The Balaban J connectivity index is 2.60. The van der Waals surface area contributed by atoms with Crippen LogP contribution in [0.5, 0.6) is 0 Å². The molecule has 0 bridgehead atoms. The molecule has 0 aliphatic rings. The van der Waals surface area contributed by atoms with E-state index in [0.717, 1.165) is 12.1 Å². The Morgan fingerprint density at radius 1 is 1.10 bits per heavy atom. The van der Waals surface area contributed by atoms with Gasteiger partial charge in [-0.05, 0) is 18.2 Å². The van der Waals surface area contributed by atoms with Gasteiger partial charge in [0.2, 0.25) is 0 Å². The molecule has 0 amide bonds. The minimum atomic E-state index is -5.75. The van der Waals surface area contributed by atoms with Gasteiger partial charge < -0.3 is 10.5 Å². The molecule has 0 spiro atoms. The quantitative estimate of drug-likeness (QED) is 0.848. The highest BCUT2D eigenvalue weighted by Gasteiger charge is 2.57. The summed E-state index contributed by atoms with van der Waals surface area (Å²) in [6.45, 7) is -2.76. The summed E-state index contributed by atoms with van der Waals surface area (Å²) in [5.74, 6) is -6.77. The van der Waals surface area contributed by atoms with E-state index < -0.39 is 43.0 Å². The molecule has 1 unspecified atom stereocenters. The molecule has 1 atom stereocenters. The number of benzene rings is 1. The molecule has 0 fully saturated rings. The second-order valence-electron chi connectivity index (χ2n) is 3.99. The molecule has 1 aromatic rings. The first kappa shape index (κ1) is 16.7. The highest BCUT2D eigenvalue weighted by molar-refractivity contribution is 5.22. The molecule has 0 saturated heterocycles. The summed E-state index contributed by atoms with van der Waals surface area (Å²) in [6, 6.07) is 0.916. The Morgan fingerprint density at radius 3 is 2.25 bits per heavy atom. The number of rotatable bonds is 5. The van der Waals surface area contributed by atoms with E-state index in [0.29, 0.717) is 6.07 Å². The molecule has 2 N–H and O–H groups in total. The number of alkyl halides is 5. The molecule has 0 radical (unpaired) electrons. The topological polar surface area (TPSA) is 35.2 Å². The second-order valence-corrected chi connectivity index (χ2v) is 3.99. The summed E-state index contributed by atoms with van der Waals surface area (Å²) in [5, 5.41) is 0.